The molecule has 0 aliphatic heterocycles. The standard InChI is InChI=1S/C16H6Br3F3O2/c17-11-4-6-3-10(15(23)24)8-2-1-7(16(20,21)22)5-9(8)12(6)14(19)13(11)18/h1-5H,(H,23,24). The lowest BCUT2D eigenvalue weighted by atomic mass is 9.95. The van der Waals surface area contributed by atoms with Gasteiger partial charge in [0, 0.05) is 18.8 Å². The third kappa shape index (κ3) is 2.84. The van der Waals surface area contributed by atoms with Gasteiger partial charge in [-0.1, -0.05) is 6.07 Å². The number of carboxylic acid groups (broad SMARTS) is 1. The monoisotopic (exact) mass is 524 g/mol. The molecule has 2 nitrogen and oxygen atoms in total. The Kier molecular flexibility index (Phi) is 4.42. The molecule has 0 bridgehead atoms. The van der Waals surface area contributed by atoms with Crippen molar-refractivity contribution in [2.24, 2.45) is 0 Å². The highest BCUT2D eigenvalue weighted by atomic mass is 79.9. The van der Waals surface area contributed by atoms with Crippen LogP contribution in [0.3, 0.4) is 0 Å². The molecule has 24 heavy (non-hydrogen) atoms. The van der Waals surface area contributed by atoms with E-state index in [1.807, 2.05) is 0 Å². The fraction of sp³-hybridized carbons (Fsp3) is 0.0625. The highest BCUT2D eigenvalue weighted by Crippen LogP contribution is 2.43. The number of carbonyl (C=O) groups is 1. The molecule has 0 aromatic heterocycles. The van der Waals surface area contributed by atoms with Crippen LogP contribution in [0.25, 0.3) is 21.5 Å². The van der Waals surface area contributed by atoms with E-state index in [-0.39, 0.29) is 16.3 Å². The van der Waals surface area contributed by atoms with Crippen LogP contribution in [0, 0.1) is 0 Å². The maximum Gasteiger partial charge on any atom is 0.416 e. The van der Waals surface area contributed by atoms with Crippen LogP contribution in [0.5, 0.6) is 0 Å². The van der Waals surface area contributed by atoms with Crippen molar-refractivity contribution in [1.29, 1.82) is 0 Å². The minimum atomic E-state index is -4.52. The zero-order chi connectivity index (χ0) is 17.8. The number of hydrogen-bond acceptors (Lipinski definition) is 1. The molecule has 1 N–H and O–H groups in total. The largest absolute Gasteiger partial charge is 0.478 e. The fourth-order valence-electron chi connectivity index (χ4n) is 2.57. The van der Waals surface area contributed by atoms with E-state index in [2.05, 4.69) is 47.8 Å². The quantitative estimate of drug-likeness (QED) is 0.274. The number of carboxylic acids is 1. The van der Waals surface area contributed by atoms with E-state index < -0.39 is 17.7 Å². The van der Waals surface area contributed by atoms with Gasteiger partial charge in [0.2, 0.25) is 0 Å². The fourth-order valence-corrected chi connectivity index (χ4v) is 4.25. The molecule has 0 unspecified atom stereocenters. The van der Waals surface area contributed by atoms with Gasteiger partial charge in [0.25, 0.3) is 0 Å². The summed E-state index contributed by atoms with van der Waals surface area (Å²) in [6, 6.07) is 6.19. The van der Waals surface area contributed by atoms with Gasteiger partial charge in [-0.3, -0.25) is 0 Å². The first-order valence-corrected chi connectivity index (χ1v) is 8.83. The van der Waals surface area contributed by atoms with E-state index in [1.165, 1.54) is 12.1 Å². The summed E-state index contributed by atoms with van der Waals surface area (Å²) in [5, 5.41) is 10.9. The van der Waals surface area contributed by atoms with Crippen molar-refractivity contribution in [1.82, 2.24) is 0 Å². The smallest absolute Gasteiger partial charge is 0.416 e. The molecule has 0 radical (unpaired) electrons. The third-order valence-electron chi connectivity index (χ3n) is 3.63. The van der Waals surface area contributed by atoms with Crippen LogP contribution < -0.4 is 0 Å². The first-order valence-electron chi connectivity index (χ1n) is 6.45. The lowest BCUT2D eigenvalue weighted by molar-refractivity contribution is -0.137. The molecule has 8 heteroatoms. The van der Waals surface area contributed by atoms with Gasteiger partial charge in [0.05, 0.1) is 11.1 Å². The lowest BCUT2D eigenvalue weighted by Gasteiger charge is -2.14. The predicted octanol–water partition coefficient (Wildman–Crippen LogP) is 7.00. The van der Waals surface area contributed by atoms with Crippen LogP contribution in [0.2, 0.25) is 0 Å². The van der Waals surface area contributed by atoms with E-state index >= 15 is 0 Å². The summed E-state index contributed by atoms with van der Waals surface area (Å²) in [6.07, 6.45) is -4.52. The second kappa shape index (κ2) is 6.00. The molecule has 3 rings (SSSR count). The van der Waals surface area contributed by atoms with Gasteiger partial charge in [0.15, 0.2) is 0 Å². The van der Waals surface area contributed by atoms with Crippen molar-refractivity contribution >= 4 is 75.3 Å². The maximum absolute atomic E-state index is 13.1. The zero-order valence-corrected chi connectivity index (χ0v) is 16.3. The van der Waals surface area contributed by atoms with Crippen molar-refractivity contribution < 1.29 is 23.1 Å². The van der Waals surface area contributed by atoms with E-state index in [4.69, 9.17) is 0 Å². The zero-order valence-electron chi connectivity index (χ0n) is 11.5. The molecule has 0 atom stereocenters. The molecule has 0 aliphatic carbocycles. The highest BCUT2D eigenvalue weighted by molar-refractivity contribution is 9.14. The molecule has 0 spiro atoms. The number of aromatic carboxylic acids is 1. The average Bonchev–Trinajstić information content (AvgIpc) is 2.49. The van der Waals surface area contributed by atoms with Crippen LogP contribution in [0.4, 0.5) is 13.2 Å². The highest BCUT2D eigenvalue weighted by Gasteiger charge is 2.31. The molecule has 0 fully saturated rings. The lowest BCUT2D eigenvalue weighted by Crippen LogP contribution is -2.05. The van der Waals surface area contributed by atoms with E-state index in [1.54, 1.807) is 6.07 Å². The summed E-state index contributed by atoms with van der Waals surface area (Å²) < 4.78 is 41.1. The Morgan fingerprint density at radius 1 is 0.958 bits per heavy atom. The number of rotatable bonds is 1. The molecule has 0 saturated carbocycles. The SMILES string of the molecule is O=C(O)c1cc2cc(Br)c(Br)c(Br)c2c2cc(C(F)(F)F)ccc12. The van der Waals surface area contributed by atoms with Gasteiger partial charge >= 0.3 is 12.1 Å². The average molecular weight is 527 g/mol. The Morgan fingerprint density at radius 3 is 2.21 bits per heavy atom. The summed E-state index contributed by atoms with van der Waals surface area (Å²) in [6.45, 7) is 0. The molecule has 124 valence electrons. The van der Waals surface area contributed by atoms with Crippen LogP contribution in [-0.2, 0) is 6.18 Å². The minimum absolute atomic E-state index is 0.0488. The van der Waals surface area contributed by atoms with Crippen molar-refractivity contribution in [2.75, 3.05) is 0 Å². The van der Waals surface area contributed by atoms with Crippen LogP contribution in [-0.4, -0.2) is 11.1 Å². The number of hydrogen-bond donors (Lipinski definition) is 1. The molecule has 0 saturated heterocycles. The minimum Gasteiger partial charge on any atom is -0.478 e. The molecule has 3 aromatic carbocycles. The second-order valence-electron chi connectivity index (χ2n) is 5.07. The van der Waals surface area contributed by atoms with Crippen LogP contribution in [0.1, 0.15) is 15.9 Å². The number of fused-ring (bicyclic) bond motifs is 3. The Balaban J connectivity index is 2.59. The molecular formula is C16H6Br3F3O2. The molecule has 3 aromatic rings. The van der Waals surface area contributed by atoms with Gasteiger partial charge < -0.3 is 5.11 Å². The normalized spacial score (nSPS) is 12.1. The Hall–Kier alpha value is -1.12. The van der Waals surface area contributed by atoms with E-state index in [0.717, 1.165) is 12.1 Å². The number of halogens is 6. The topological polar surface area (TPSA) is 37.3 Å². The van der Waals surface area contributed by atoms with Gasteiger partial charge in [-0.05, 0) is 88.2 Å². The first-order chi connectivity index (χ1) is 11.1. The van der Waals surface area contributed by atoms with Crippen LogP contribution in [0.15, 0.2) is 43.7 Å². The number of benzene rings is 3. The van der Waals surface area contributed by atoms with Crippen LogP contribution >= 0.6 is 47.8 Å². The van der Waals surface area contributed by atoms with Gasteiger partial charge in [-0.15, -0.1) is 0 Å². The van der Waals surface area contributed by atoms with Gasteiger partial charge in [-0.25, -0.2) is 4.79 Å². The van der Waals surface area contributed by atoms with Crippen molar-refractivity contribution in [2.45, 2.75) is 6.18 Å². The van der Waals surface area contributed by atoms with Gasteiger partial charge in [0.1, 0.15) is 0 Å². The Labute approximate surface area is 159 Å². The predicted molar refractivity (Wildman–Crippen MR) is 96.5 cm³/mol. The van der Waals surface area contributed by atoms with Gasteiger partial charge in [-0.2, -0.15) is 13.2 Å². The summed E-state index contributed by atoms with van der Waals surface area (Å²) >= 11 is 10.1. The Bertz CT molecular complexity index is 1010. The Morgan fingerprint density at radius 2 is 1.62 bits per heavy atom. The summed E-state index contributed by atoms with van der Waals surface area (Å²) in [5.41, 5.74) is -0.878. The number of alkyl halides is 3. The van der Waals surface area contributed by atoms with Crippen molar-refractivity contribution in [3.05, 3.63) is 54.9 Å². The van der Waals surface area contributed by atoms with E-state index in [0.29, 0.717) is 24.2 Å². The molecule has 0 heterocycles. The van der Waals surface area contributed by atoms with E-state index in [9.17, 15) is 23.1 Å². The van der Waals surface area contributed by atoms with Crippen molar-refractivity contribution in [3.63, 3.8) is 0 Å². The summed E-state index contributed by atoms with van der Waals surface area (Å²) in [7, 11) is 0. The summed E-state index contributed by atoms with van der Waals surface area (Å²) in [5.74, 6) is -1.20. The third-order valence-corrected chi connectivity index (χ3v) is 6.94. The maximum atomic E-state index is 13.1. The molecular weight excluding hydrogens is 521 g/mol. The van der Waals surface area contributed by atoms with Crippen molar-refractivity contribution in [3.8, 4) is 0 Å². The first kappa shape index (κ1) is 17.7. The molecule has 0 amide bonds. The summed E-state index contributed by atoms with van der Waals surface area (Å²) in [4.78, 5) is 11.5. The molecule has 0 aliphatic rings. The second-order valence-corrected chi connectivity index (χ2v) is 7.51.